The van der Waals surface area contributed by atoms with Gasteiger partial charge in [0.25, 0.3) is 0 Å². The predicted octanol–water partition coefficient (Wildman–Crippen LogP) is 4.96. The number of rotatable bonds is 2. The molecule has 1 N–H and O–H groups in total. The number of aryl methyl sites for hydroxylation is 2. The normalized spacial score (nSPS) is 19.7. The van der Waals surface area contributed by atoms with E-state index in [4.69, 9.17) is 0 Å². The zero-order valence-electron chi connectivity index (χ0n) is 14.3. The van der Waals surface area contributed by atoms with Gasteiger partial charge < -0.3 is 9.67 Å². The summed E-state index contributed by atoms with van der Waals surface area (Å²) in [5, 5.41) is 11.4. The summed E-state index contributed by atoms with van der Waals surface area (Å²) in [4.78, 5) is 0.955. The molecule has 1 atom stereocenters. The number of aromatic nitrogens is 1. The van der Waals surface area contributed by atoms with Crippen LogP contribution in [0.1, 0.15) is 28.9 Å². The van der Waals surface area contributed by atoms with Gasteiger partial charge in [0.1, 0.15) is 11.4 Å². The third-order valence-corrected chi connectivity index (χ3v) is 6.06. The van der Waals surface area contributed by atoms with E-state index >= 15 is 0 Å². The smallest absolute Gasteiger partial charge is 0.123 e. The highest BCUT2D eigenvalue weighted by molar-refractivity contribution is 7.99. The Balaban J connectivity index is 1.78. The first-order valence-electron chi connectivity index (χ1n) is 8.40. The van der Waals surface area contributed by atoms with Gasteiger partial charge in [-0.2, -0.15) is 0 Å². The maximum Gasteiger partial charge on any atom is 0.123 e. The van der Waals surface area contributed by atoms with Gasteiger partial charge in [-0.25, -0.2) is 4.39 Å². The quantitative estimate of drug-likeness (QED) is 0.704. The van der Waals surface area contributed by atoms with Crippen molar-refractivity contribution in [3.63, 3.8) is 0 Å². The van der Waals surface area contributed by atoms with Crippen LogP contribution in [0.4, 0.5) is 4.39 Å². The number of hydrogen-bond acceptors (Lipinski definition) is 2. The number of aliphatic hydroxyl groups is 1. The molecule has 0 amide bonds. The van der Waals surface area contributed by atoms with E-state index in [1.165, 1.54) is 23.5 Å². The van der Waals surface area contributed by atoms with Crippen LogP contribution >= 0.6 is 11.8 Å². The summed E-state index contributed by atoms with van der Waals surface area (Å²) in [6.45, 7) is 4.15. The Labute approximate surface area is 151 Å². The fourth-order valence-electron chi connectivity index (χ4n) is 3.66. The van der Waals surface area contributed by atoms with Crippen LogP contribution in [-0.2, 0) is 5.60 Å². The molecule has 0 fully saturated rings. The van der Waals surface area contributed by atoms with Crippen molar-refractivity contribution in [2.75, 3.05) is 5.75 Å². The van der Waals surface area contributed by atoms with Crippen molar-refractivity contribution < 1.29 is 9.50 Å². The Bertz CT molecular complexity index is 912. The number of hydrogen-bond donors (Lipinski definition) is 1. The van der Waals surface area contributed by atoms with E-state index in [1.807, 2.05) is 24.3 Å². The van der Waals surface area contributed by atoms with Gasteiger partial charge in [-0.3, -0.25) is 0 Å². The molecule has 128 valence electrons. The van der Waals surface area contributed by atoms with Crippen molar-refractivity contribution in [2.45, 2.75) is 30.8 Å². The average molecular weight is 353 g/mol. The Morgan fingerprint density at radius 2 is 1.68 bits per heavy atom. The van der Waals surface area contributed by atoms with Crippen molar-refractivity contribution in [2.24, 2.45) is 0 Å². The fourth-order valence-corrected chi connectivity index (χ4v) is 4.82. The first-order valence-corrected chi connectivity index (χ1v) is 9.39. The highest BCUT2D eigenvalue weighted by Crippen LogP contribution is 2.44. The van der Waals surface area contributed by atoms with Crippen LogP contribution in [-0.4, -0.2) is 15.4 Å². The summed E-state index contributed by atoms with van der Waals surface area (Å²) < 4.78 is 15.9. The molecule has 2 heterocycles. The minimum Gasteiger partial charge on any atom is -0.380 e. The molecule has 0 bridgehead atoms. The van der Waals surface area contributed by atoms with Crippen molar-refractivity contribution in [1.82, 2.24) is 4.57 Å². The molecule has 1 aliphatic heterocycles. The standard InChI is InChI=1S/C21H20FNOS/c1-14-3-4-15(2)23(14)18-8-5-16(6-9-18)21(24)11-12-25-20-10-7-17(22)13-19(20)21/h3-10,13,24H,11-12H2,1-2H3. The Morgan fingerprint density at radius 3 is 2.36 bits per heavy atom. The van der Waals surface area contributed by atoms with Crippen LogP contribution in [0.15, 0.2) is 59.5 Å². The van der Waals surface area contributed by atoms with Crippen LogP contribution in [0.25, 0.3) is 5.69 Å². The fraction of sp³-hybridized carbons (Fsp3) is 0.238. The summed E-state index contributed by atoms with van der Waals surface area (Å²) in [6.07, 6.45) is 0.578. The zero-order valence-corrected chi connectivity index (χ0v) is 15.1. The van der Waals surface area contributed by atoms with Crippen molar-refractivity contribution >= 4 is 11.8 Å². The first kappa shape index (κ1) is 16.4. The second-order valence-electron chi connectivity index (χ2n) is 6.60. The lowest BCUT2D eigenvalue weighted by Crippen LogP contribution is -2.31. The van der Waals surface area contributed by atoms with Crippen molar-refractivity contribution in [3.8, 4) is 5.69 Å². The maximum absolute atomic E-state index is 13.8. The Kier molecular flexibility index (Phi) is 3.97. The maximum atomic E-state index is 13.8. The largest absolute Gasteiger partial charge is 0.380 e. The Hall–Kier alpha value is -2.04. The SMILES string of the molecule is Cc1ccc(C)n1-c1ccc(C2(O)CCSc3ccc(F)cc32)cc1. The summed E-state index contributed by atoms with van der Waals surface area (Å²) in [5.74, 6) is 0.502. The molecule has 4 rings (SSSR count). The van der Waals surface area contributed by atoms with Gasteiger partial charge >= 0.3 is 0 Å². The highest BCUT2D eigenvalue weighted by atomic mass is 32.2. The molecule has 1 unspecified atom stereocenters. The summed E-state index contributed by atoms with van der Waals surface area (Å²) >= 11 is 1.67. The molecule has 3 aromatic rings. The average Bonchev–Trinajstić information content (AvgIpc) is 2.94. The van der Waals surface area contributed by atoms with Crippen LogP contribution in [0.2, 0.25) is 0 Å². The molecule has 1 aliphatic rings. The third-order valence-electron chi connectivity index (χ3n) is 4.98. The lowest BCUT2D eigenvalue weighted by Gasteiger charge is -2.34. The molecule has 2 aromatic carbocycles. The Morgan fingerprint density at radius 1 is 1.00 bits per heavy atom. The number of benzene rings is 2. The first-order chi connectivity index (χ1) is 12.0. The molecule has 0 radical (unpaired) electrons. The zero-order chi connectivity index (χ0) is 17.6. The van der Waals surface area contributed by atoms with Crippen molar-refractivity contribution in [3.05, 3.63) is 82.9 Å². The van der Waals surface area contributed by atoms with E-state index in [-0.39, 0.29) is 5.82 Å². The summed E-state index contributed by atoms with van der Waals surface area (Å²) in [7, 11) is 0. The van der Waals surface area contributed by atoms with E-state index in [1.54, 1.807) is 17.8 Å². The van der Waals surface area contributed by atoms with Gasteiger partial charge in [0.05, 0.1) is 0 Å². The predicted molar refractivity (Wildman–Crippen MR) is 100.0 cm³/mol. The molecule has 2 nitrogen and oxygen atoms in total. The van der Waals surface area contributed by atoms with E-state index in [9.17, 15) is 9.50 Å². The number of nitrogens with zero attached hydrogens (tertiary/aromatic N) is 1. The van der Waals surface area contributed by atoms with Gasteiger partial charge in [-0.1, -0.05) is 12.1 Å². The minimum absolute atomic E-state index is 0.310. The van der Waals surface area contributed by atoms with Gasteiger partial charge in [0, 0.05) is 33.3 Å². The van der Waals surface area contributed by atoms with Gasteiger partial charge in [-0.15, -0.1) is 11.8 Å². The van der Waals surface area contributed by atoms with Gasteiger partial charge in [0.15, 0.2) is 0 Å². The monoisotopic (exact) mass is 353 g/mol. The van der Waals surface area contributed by atoms with Gasteiger partial charge in [-0.05, 0) is 68.3 Å². The van der Waals surface area contributed by atoms with E-state index < -0.39 is 5.60 Å². The number of halogens is 1. The topological polar surface area (TPSA) is 25.2 Å². The van der Waals surface area contributed by atoms with Crippen LogP contribution < -0.4 is 0 Å². The third kappa shape index (κ3) is 2.70. The van der Waals surface area contributed by atoms with Crippen LogP contribution in [0.5, 0.6) is 0 Å². The van der Waals surface area contributed by atoms with Crippen LogP contribution in [0.3, 0.4) is 0 Å². The second-order valence-corrected chi connectivity index (χ2v) is 7.73. The molecule has 0 saturated heterocycles. The van der Waals surface area contributed by atoms with Gasteiger partial charge in [0.2, 0.25) is 0 Å². The summed E-state index contributed by atoms with van der Waals surface area (Å²) in [6, 6.07) is 16.8. The number of fused-ring (bicyclic) bond motifs is 1. The second kappa shape index (κ2) is 6.04. The summed E-state index contributed by atoms with van der Waals surface area (Å²) in [5.41, 5.74) is 3.76. The molecular formula is C21H20FNOS. The number of thioether (sulfide) groups is 1. The van der Waals surface area contributed by atoms with E-state index in [0.29, 0.717) is 12.0 Å². The molecule has 0 spiro atoms. The van der Waals surface area contributed by atoms with E-state index in [2.05, 4.69) is 30.5 Å². The molecule has 1 aromatic heterocycles. The highest BCUT2D eigenvalue weighted by Gasteiger charge is 2.36. The molecule has 0 saturated carbocycles. The van der Waals surface area contributed by atoms with E-state index in [0.717, 1.165) is 21.9 Å². The minimum atomic E-state index is -1.14. The molecule has 0 aliphatic carbocycles. The molecule has 25 heavy (non-hydrogen) atoms. The molecule has 4 heteroatoms. The van der Waals surface area contributed by atoms with Crippen LogP contribution in [0, 0.1) is 19.7 Å². The van der Waals surface area contributed by atoms with Crippen molar-refractivity contribution in [1.29, 1.82) is 0 Å². The molecular weight excluding hydrogens is 333 g/mol. The lowest BCUT2D eigenvalue weighted by molar-refractivity contribution is 0.0728. The lowest BCUT2D eigenvalue weighted by atomic mass is 9.83.